The van der Waals surface area contributed by atoms with Crippen molar-refractivity contribution in [1.82, 2.24) is 4.90 Å². The number of amidine groups is 1. The fourth-order valence-electron chi connectivity index (χ4n) is 3.32. The molecular formula is C23H30N4O3. The van der Waals surface area contributed by atoms with E-state index in [4.69, 9.17) is 15.3 Å². The second kappa shape index (κ2) is 10.2. The van der Waals surface area contributed by atoms with Crippen molar-refractivity contribution in [2.75, 3.05) is 31.6 Å². The molecule has 1 atom stereocenters. The van der Waals surface area contributed by atoms with Crippen LogP contribution in [-0.4, -0.2) is 49.0 Å². The Labute approximate surface area is 177 Å². The summed E-state index contributed by atoms with van der Waals surface area (Å²) in [5.41, 5.74) is 10.8. The highest BCUT2D eigenvalue weighted by molar-refractivity contribution is 5.98. The fourth-order valence-corrected chi connectivity index (χ4v) is 3.32. The van der Waals surface area contributed by atoms with Gasteiger partial charge in [-0.05, 0) is 43.5 Å². The summed E-state index contributed by atoms with van der Waals surface area (Å²) in [5, 5.41) is 6.90. The molecule has 1 unspecified atom stereocenters. The molecule has 30 heavy (non-hydrogen) atoms. The number of hydrogen-bond donors (Lipinski definition) is 2. The molecule has 1 heterocycles. The van der Waals surface area contributed by atoms with E-state index in [0.717, 1.165) is 60.8 Å². The molecular weight excluding hydrogens is 380 g/mol. The van der Waals surface area contributed by atoms with E-state index in [9.17, 15) is 4.79 Å². The van der Waals surface area contributed by atoms with Crippen molar-refractivity contribution in [3.05, 3.63) is 64.7 Å². The average molecular weight is 411 g/mol. The topological polar surface area (TPSA) is 89.2 Å². The van der Waals surface area contributed by atoms with Gasteiger partial charge in [0, 0.05) is 30.9 Å². The van der Waals surface area contributed by atoms with Crippen molar-refractivity contribution in [3.63, 3.8) is 0 Å². The van der Waals surface area contributed by atoms with Gasteiger partial charge in [-0.3, -0.25) is 9.69 Å². The number of para-hydroxylation sites is 1. The summed E-state index contributed by atoms with van der Waals surface area (Å²) in [6.07, 6.45) is -0.779. The lowest BCUT2D eigenvalue weighted by Crippen LogP contribution is -2.35. The molecule has 7 nitrogen and oxygen atoms in total. The molecule has 3 N–H and O–H groups in total. The van der Waals surface area contributed by atoms with E-state index in [0.29, 0.717) is 0 Å². The van der Waals surface area contributed by atoms with Crippen molar-refractivity contribution in [1.29, 1.82) is 0 Å². The van der Waals surface area contributed by atoms with Gasteiger partial charge in [0.2, 0.25) is 6.10 Å². The smallest absolute Gasteiger partial charge is 0.268 e. The highest BCUT2D eigenvalue weighted by Gasteiger charge is 2.17. The first-order valence-electron chi connectivity index (χ1n) is 10.2. The Hall–Kier alpha value is -2.90. The van der Waals surface area contributed by atoms with E-state index in [1.54, 1.807) is 6.92 Å². The first-order valence-corrected chi connectivity index (χ1v) is 10.2. The van der Waals surface area contributed by atoms with Crippen LogP contribution in [0, 0.1) is 13.8 Å². The SMILES string of the molecule is Cc1cccc(C)c1NC(=O)C(C)ON=C(N)c1cccc(CN2CCOCC2)c1. The molecule has 2 aromatic carbocycles. The lowest BCUT2D eigenvalue weighted by Gasteiger charge is -2.26. The second-order valence-corrected chi connectivity index (χ2v) is 7.57. The van der Waals surface area contributed by atoms with E-state index in [1.807, 2.05) is 50.2 Å². The van der Waals surface area contributed by atoms with Gasteiger partial charge in [0.1, 0.15) is 0 Å². The van der Waals surface area contributed by atoms with Gasteiger partial charge in [-0.1, -0.05) is 41.6 Å². The summed E-state index contributed by atoms with van der Waals surface area (Å²) in [7, 11) is 0. The van der Waals surface area contributed by atoms with Crippen LogP contribution in [0.5, 0.6) is 0 Å². The zero-order chi connectivity index (χ0) is 21.5. The van der Waals surface area contributed by atoms with Crippen LogP contribution in [0.2, 0.25) is 0 Å². The number of hydrogen-bond acceptors (Lipinski definition) is 5. The van der Waals surface area contributed by atoms with Crippen LogP contribution in [-0.2, 0) is 20.9 Å². The third-order valence-corrected chi connectivity index (χ3v) is 5.14. The first-order chi connectivity index (χ1) is 14.4. The zero-order valence-electron chi connectivity index (χ0n) is 17.9. The fraction of sp³-hybridized carbons (Fsp3) is 0.391. The quantitative estimate of drug-likeness (QED) is 0.416. The number of benzene rings is 2. The molecule has 1 saturated heterocycles. The summed E-state index contributed by atoms with van der Waals surface area (Å²) in [6.45, 7) is 9.75. The van der Waals surface area contributed by atoms with Crippen LogP contribution in [0.15, 0.2) is 47.6 Å². The summed E-state index contributed by atoms with van der Waals surface area (Å²) < 4.78 is 5.39. The molecule has 1 amide bonds. The maximum Gasteiger partial charge on any atom is 0.268 e. The van der Waals surface area contributed by atoms with Crippen LogP contribution < -0.4 is 11.1 Å². The van der Waals surface area contributed by atoms with Gasteiger partial charge in [-0.2, -0.15) is 0 Å². The number of morpholine rings is 1. The van der Waals surface area contributed by atoms with Gasteiger partial charge in [0.25, 0.3) is 5.91 Å². The monoisotopic (exact) mass is 410 g/mol. The minimum atomic E-state index is -0.779. The number of rotatable bonds is 7. The van der Waals surface area contributed by atoms with Gasteiger partial charge < -0.3 is 20.6 Å². The molecule has 3 rings (SSSR count). The molecule has 160 valence electrons. The number of carbonyl (C=O) groups excluding carboxylic acids is 1. The Kier molecular flexibility index (Phi) is 7.43. The van der Waals surface area contributed by atoms with E-state index in [2.05, 4.69) is 21.4 Å². The van der Waals surface area contributed by atoms with Crippen molar-refractivity contribution in [3.8, 4) is 0 Å². The number of amides is 1. The Morgan fingerprint density at radius 1 is 1.20 bits per heavy atom. The molecule has 0 bridgehead atoms. The van der Waals surface area contributed by atoms with E-state index < -0.39 is 6.10 Å². The summed E-state index contributed by atoms with van der Waals surface area (Å²) in [6, 6.07) is 13.8. The lowest BCUT2D eigenvalue weighted by molar-refractivity contribution is -0.126. The molecule has 0 spiro atoms. The Morgan fingerprint density at radius 2 is 1.87 bits per heavy atom. The lowest BCUT2D eigenvalue weighted by atomic mass is 10.1. The van der Waals surface area contributed by atoms with Crippen LogP contribution in [0.3, 0.4) is 0 Å². The van der Waals surface area contributed by atoms with Gasteiger partial charge in [0.15, 0.2) is 5.84 Å². The normalized spacial score (nSPS) is 16.2. The minimum Gasteiger partial charge on any atom is -0.381 e. The maximum atomic E-state index is 12.5. The average Bonchev–Trinajstić information content (AvgIpc) is 2.75. The summed E-state index contributed by atoms with van der Waals surface area (Å²) in [5.74, 6) is -0.0319. The third-order valence-electron chi connectivity index (χ3n) is 5.14. The first kappa shape index (κ1) is 21.8. The molecule has 2 aromatic rings. The highest BCUT2D eigenvalue weighted by Crippen LogP contribution is 2.20. The van der Waals surface area contributed by atoms with Crippen LogP contribution in [0.1, 0.15) is 29.2 Å². The van der Waals surface area contributed by atoms with Gasteiger partial charge in [-0.25, -0.2) is 0 Å². The number of aryl methyl sites for hydroxylation is 2. The van der Waals surface area contributed by atoms with Crippen molar-refractivity contribution in [2.24, 2.45) is 10.9 Å². The molecule has 1 aliphatic rings. The number of oxime groups is 1. The van der Waals surface area contributed by atoms with Crippen molar-refractivity contribution < 1.29 is 14.4 Å². The molecule has 0 aliphatic carbocycles. The highest BCUT2D eigenvalue weighted by atomic mass is 16.6. The zero-order valence-corrected chi connectivity index (χ0v) is 17.9. The number of nitrogens with two attached hydrogens (primary N) is 1. The van der Waals surface area contributed by atoms with Gasteiger partial charge >= 0.3 is 0 Å². The number of nitrogens with one attached hydrogen (secondary N) is 1. The Balaban J connectivity index is 1.59. The number of nitrogens with zero attached hydrogens (tertiary/aromatic N) is 2. The van der Waals surface area contributed by atoms with Crippen LogP contribution in [0.4, 0.5) is 5.69 Å². The minimum absolute atomic E-state index is 0.241. The van der Waals surface area contributed by atoms with E-state index in [-0.39, 0.29) is 11.7 Å². The van der Waals surface area contributed by atoms with E-state index >= 15 is 0 Å². The largest absolute Gasteiger partial charge is 0.381 e. The number of ether oxygens (including phenoxy) is 1. The van der Waals surface area contributed by atoms with Gasteiger partial charge in [0.05, 0.1) is 13.2 Å². The summed E-state index contributed by atoms with van der Waals surface area (Å²) >= 11 is 0. The molecule has 0 radical (unpaired) electrons. The van der Waals surface area contributed by atoms with Crippen LogP contribution >= 0.6 is 0 Å². The predicted molar refractivity (Wildman–Crippen MR) is 118 cm³/mol. The van der Waals surface area contributed by atoms with Crippen molar-refractivity contribution in [2.45, 2.75) is 33.4 Å². The molecule has 1 fully saturated rings. The molecule has 1 aliphatic heterocycles. The standard InChI is InChI=1S/C23H30N4O3/c1-16-6-4-7-17(2)21(16)25-23(28)18(3)30-26-22(24)20-9-5-8-19(14-20)15-27-10-12-29-13-11-27/h4-9,14,18H,10-13,15H2,1-3H3,(H2,24,26)(H,25,28). The van der Waals surface area contributed by atoms with Gasteiger partial charge in [-0.15, -0.1) is 0 Å². The van der Waals surface area contributed by atoms with Crippen molar-refractivity contribution >= 4 is 17.4 Å². The summed E-state index contributed by atoms with van der Waals surface area (Å²) in [4.78, 5) is 20.2. The van der Waals surface area contributed by atoms with Crippen LogP contribution in [0.25, 0.3) is 0 Å². The number of anilines is 1. The predicted octanol–water partition coefficient (Wildman–Crippen LogP) is 2.80. The number of carbonyl (C=O) groups is 1. The molecule has 0 saturated carbocycles. The second-order valence-electron chi connectivity index (χ2n) is 7.57. The molecule has 0 aromatic heterocycles. The Morgan fingerprint density at radius 3 is 2.57 bits per heavy atom. The van der Waals surface area contributed by atoms with E-state index in [1.165, 1.54) is 0 Å². The molecule has 7 heteroatoms. The maximum absolute atomic E-state index is 12.5. The Bertz CT molecular complexity index is 887. The third kappa shape index (κ3) is 5.81.